The number of nitrogens with one attached hydrogen (secondary N) is 1. The van der Waals surface area contributed by atoms with Gasteiger partial charge in [0.25, 0.3) is 21.8 Å². The summed E-state index contributed by atoms with van der Waals surface area (Å²) in [6.45, 7) is 0. The van der Waals surface area contributed by atoms with Crippen LogP contribution in [0.5, 0.6) is 11.8 Å². The fraction of sp³-hybridized carbons (Fsp3) is 0.167. The Hall–Kier alpha value is -2.91. The molecule has 1 aliphatic rings. The van der Waals surface area contributed by atoms with E-state index < -0.39 is 27.5 Å². The first kappa shape index (κ1) is 18.5. The van der Waals surface area contributed by atoms with Crippen LogP contribution in [0.25, 0.3) is 5.69 Å². The number of hydrogen-bond acceptors (Lipinski definition) is 5. The third kappa shape index (κ3) is 3.23. The molecule has 1 fully saturated rings. The van der Waals surface area contributed by atoms with Crippen LogP contribution in [-0.2, 0) is 10.0 Å². The molecule has 0 aliphatic heterocycles. The van der Waals surface area contributed by atoms with Crippen LogP contribution < -0.4 is 10.4 Å². The molecule has 146 valence electrons. The van der Waals surface area contributed by atoms with Gasteiger partial charge in [0.1, 0.15) is 0 Å². The largest absolute Gasteiger partial charge is 0.491 e. The fourth-order valence-corrected chi connectivity index (χ4v) is 4.30. The van der Waals surface area contributed by atoms with Gasteiger partial charge in [0.2, 0.25) is 0 Å². The number of aromatic hydroxyl groups is 2. The highest BCUT2D eigenvalue weighted by Crippen LogP contribution is 2.40. The van der Waals surface area contributed by atoms with E-state index in [1.807, 2.05) is 0 Å². The van der Waals surface area contributed by atoms with Gasteiger partial charge in [0.15, 0.2) is 0 Å². The molecule has 0 amide bonds. The first-order valence-electron chi connectivity index (χ1n) is 8.42. The second kappa shape index (κ2) is 6.61. The smallest absolute Gasteiger partial charge is 0.338 e. The minimum Gasteiger partial charge on any atom is -0.491 e. The molecule has 3 aromatic rings. The predicted octanol–water partition coefficient (Wildman–Crippen LogP) is 2.84. The van der Waals surface area contributed by atoms with Crippen LogP contribution in [0.3, 0.4) is 0 Å². The van der Waals surface area contributed by atoms with Gasteiger partial charge in [-0.2, -0.15) is 0 Å². The number of hydrogen-bond donors (Lipinski definition) is 3. The van der Waals surface area contributed by atoms with Crippen molar-refractivity contribution < 1.29 is 18.6 Å². The Balaban J connectivity index is 1.72. The maximum absolute atomic E-state index is 12.6. The van der Waals surface area contributed by atoms with Gasteiger partial charge in [-0.25, -0.2) is 17.8 Å². The zero-order chi connectivity index (χ0) is 20.1. The highest BCUT2D eigenvalue weighted by molar-refractivity contribution is 7.92. The van der Waals surface area contributed by atoms with Gasteiger partial charge < -0.3 is 10.2 Å². The fourth-order valence-electron chi connectivity index (χ4n) is 2.95. The Bertz CT molecular complexity index is 1230. The summed E-state index contributed by atoms with van der Waals surface area (Å²) in [6, 6.07) is 11.6. The minimum atomic E-state index is -3.90. The summed E-state index contributed by atoms with van der Waals surface area (Å²) in [5, 5.41) is 20.6. The number of sulfonamides is 1. The molecule has 0 radical (unpaired) electrons. The van der Waals surface area contributed by atoms with Crippen molar-refractivity contribution in [3.63, 3.8) is 0 Å². The topological polar surface area (TPSA) is 114 Å². The van der Waals surface area contributed by atoms with E-state index in [4.69, 9.17) is 11.6 Å². The first-order valence-corrected chi connectivity index (χ1v) is 10.3. The molecular weight excluding hydrogens is 406 g/mol. The van der Waals surface area contributed by atoms with Gasteiger partial charge >= 0.3 is 5.69 Å². The van der Waals surface area contributed by atoms with Crippen LogP contribution in [0.1, 0.15) is 18.9 Å². The number of imidazole rings is 1. The van der Waals surface area contributed by atoms with E-state index in [1.165, 1.54) is 42.5 Å². The van der Waals surface area contributed by atoms with Crippen LogP contribution >= 0.6 is 11.6 Å². The Morgan fingerprint density at radius 2 is 1.75 bits per heavy atom. The van der Waals surface area contributed by atoms with E-state index in [1.54, 1.807) is 6.07 Å². The zero-order valence-electron chi connectivity index (χ0n) is 14.4. The summed E-state index contributed by atoms with van der Waals surface area (Å²) in [6.07, 6.45) is 1.49. The molecule has 0 bridgehead atoms. The molecule has 8 nitrogen and oxygen atoms in total. The third-order valence-corrected chi connectivity index (χ3v) is 6.03. The van der Waals surface area contributed by atoms with Gasteiger partial charge in [-0.05, 0) is 49.2 Å². The standard InChI is InChI=1S/C18H16ClN3O5S/c19-11-3-1-6-15(9-11)28(26,27)20-12-4-2-5-14(10-12)22-17(24)16(23)21(18(22)25)13-7-8-13/h1-6,9-10,13,20,23-24H,7-8H2. The molecule has 0 unspecified atom stereocenters. The monoisotopic (exact) mass is 421 g/mol. The highest BCUT2D eigenvalue weighted by Gasteiger charge is 2.32. The Morgan fingerprint density at radius 3 is 2.43 bits per heavy atom. The lowest BCUT2D eigenvalue weighted by atomic mass is 10.3. The maximum atomic E-state index is 12.6. The molecule has 1 aromatic heterocycles. The van der Waals surface area contributed by atoms with Crippen molar-refractivity contribution in [1.29, 1.82) is 0 Å². The van der Waals surface area contributed by atoms with Crippen LogP contribution in [0.2, 0.25) is 5.02 Å². The molecule has 2 aromatic carbocycles. The number of benzene rings is 2. The molecule has 1 aliphatic carbocycles. The summed E-state index contributed by atoms with van der Waals surface area (Å²) in [5.41, 5.74) is -0.196. The first-order chi connectivity index (χ1) is 13.3. The Labute approximate surface area is 165 Å². The lowest BCUT2D eigenvalue weighted by Gasteiger charge is -2.10. The predicted molar refractivity (Wildman–Crippen MR) is 104 cm³/mol. The van der Waals surface area contributed by atoms with Crippen LogP contribution in [-0.4, -0.2) is 27.8 Å². The molecule has 0 spiro atoms. The Kier molecular flexibility index (Phi) is 4.35. The highest BCUT2D eigenvalue weighted by atomic mass is 35.5. The van der Waals surface area contributed by atoms with Crippen LogP contribution in [0, 0.1) is 0 Å². The van der Waals surface area contributed by atoms with Gasteiger partial charge in [0, 0.05) is 11.1 Å². The van der Waals surface area contributed by atoms with Crippen molar-refractivity contribution in [1.82, 2.24) is 9.13 Å². The molecule has 3 N–H and O–H groups in total. The summed E-state index contributed by atoms with van der Waals surface area (Å²) >= 11 is 5.86. The van der Waals surface area contributed by atoms with Gasteiger partial charge in [-0.15, -0.1) is 0 Å². The second-order valence-electron chi connectivity index (χ2n) is 6.48. The van der Waals surface area contributed by atoms with Gasteiger partial charge in [0.05, 0.1) is 16.3 Å². The van der Waals surface area contributed by atoms with Gasteiger partial charge in [-0.1, -0.05) is 23.7 Å². The number of rotatable bonds is 5. The number of halogens is 1. The second-order valence-corrected chi connectivity index (χ2v) is 8.60. The molecule has 1 heterocycles. The van der Waals surface area contributed by atoms with Crippen molar-refractivity contribution >= 4 is 27.3 Å². The van der Waals surface area contributed by atoms with E-state index >= 15 is 0 Å². The van der Waals surface area contributed by atoms with Crippen molar-refractivity contribution in [2.45, 2.75) is 23.8 Å². The van der Waals surface area contributed by atoms with E-state index in [9.17, 15) is 23.4 Å². The van der Waals surface area contributed by atoms with E-state index in [2.05, 4.69) is 4.72 Å². The molecular formula is C18H16ClN3O5S. The summed E-state index contributed by atoms with van der Waals surface area (Å²) in [5.74, 6) is -1.09. The normalized spacial score (nSPS) is 14.2. The zero-order valence-corrected chi connectivity index (χ0v) is 16.0. The summed E-state index contributed by atoms with van der Waals surface area (Å²) < 4.78 is 29.6. The molecule has 28 heavy (non-hydrogen) atoms. The van der Waals surface area contributed by atoms with Crippen molar-refractivity contribution in [2.75, 3.05) is 4.72 Å². The SMILES string of the molecule is O=c1n(-c2cccc(NS(=O)(=O)c3cccc(Cl)c3)c2)c(O)c(O)n1C1CC1. The lowest BCUT2D eigenvalue weighted by molar-refractivity contribution is 0.363. The lowest BCUT2D eigenvalue weighted by Crippen LogP contribution is -2.22. The number of aromatic nitrogens is 2. The Morgan fingerprint density at radius 1 is 1.04 bits per heavy atom. The van der Waals surface area contributed by atoms with E-state index in [-0.39, 0.29) is 27.3 Å². The van der Waals surface area contributed by atoms with Crippen molar-refractivity contribution in [3.8, 4) is 17.4 Å². The molecule has 1 saturated carbocycles. The molecule has 4 rings (SSSR count). The average molecular weight is 422 g/mol. The van der Waals surface area contributed by atoms with Crippen molar-refractivity contribution in [2.24, 2.45) is 0 Å². The van der Waals surface area contributed by atoms with E-state index in [0.717, 1.165) is 22.0 Å². The molecule has 0 atom stereocenters. The average Bonchev–Trinajstić information content (AvgIpc) is 3.43. The number of anilines is 1. The summed E-state index contributed by atoms with van der Waals surface area (Å²) in [7, 11) is -3.90. The molecule has 10 heteroatoms. The minimum absolute atomic E-state index is 0.0112. The quantitative estimate of drug-likeness (QED) is 0.586. The van der Waals surface area contributed by atoms with E-state index in [0.29, 0.717) is 0 Å². The van der Waals surface area contributed by atoms with Crippen LogP contribution in [0.4, 0.5) is 5.69 Å². The van der Waals surface area contributed by atoms with Crippen molar-refractivity contribution in [3.05, 3.63) is 64.0 Å². The number of nitrogens with zero attached hydrogens (tertiary/aromatic N) is 2. The summed E-state index contributed by atoms with van der Waals surface area (Å²) in [4.78, 5) is 12.6. The van der Waals surface area contributed by atoms with Gasteiger partial charge in [-0.3, -0.25) is 9.29 Å². The third-order valence-electron chi connectivity index (χ3n) is 4.41. The van der Waals surface area contributed by atoms with Crippen LogP contribution in [0.15, 0.2) is 58.2 Å². The molecule has 0 saturated heterocycles. The maximum Gasteiger partial charge on any atom is 0.338 e.